The first-order valence-corrected chi connectivity index (χ1v) is 8.27. The summed E-state index contributed by atoms with van der Waals surface area (Å²) >= 11 is 1.58. The molecule has 2 aromatic rings. The molecule has 22 heavy (non-hydrogen) atoms. The fourth-order valence-electron chi connectivity index (χ4n) is 2.58. The Bertz CT molecular complexity index is 646. The first-order chi connectivity index (χ1) is 10.8. The van der Waals surface area contributed by atoms with Gasteiger partial charge >= 0.3 is 6.03 Å². The number of rotatable bonds is 3. The molecular weight excluding hydrogens is 298 g/mol. The predicted molar refractivity (Wildman–Crippen MR) is 89.0 cm³/mol. The Hall–Kier alpha value is -2.08. The van der Waals surface area contributed by atoms with E-state index in [4.69, 9.17) is 4.74 Å². The van der Waals surface area contributed by atoms with Crippen LogP contribution in [0.5, 0.6) is 5.75 Å². The second kappa shape index (κ2) is 6.79. The van der Waals surface area contributed by atoms with Gasteiger partial charge in [-0.2, -0.15) is 0 Å². The summed E-state index contributed by atoms with van der Waals surface area (Å²) in [7, 11) is 1.58. The Morgan fingerprint density at radius 2 is 2.00 bits per heavy atom. The number of nitrogens with one attached hydrogen (secondary N) is 2. The molecule has 0 saturated heterocycles. The highest BCUT2D eigenvalue weighted by atomic mass is 32.1. The van der Waals surface area contributed by atoms with Crippen LogP contribution in [0.2, 0.25) is 0 Å². The maximum Gasteiger partial charge on any atom is 0.325 e. The number of nitrogens with zero attached hydrogens (tertiary/aromatic N) is 1. The summed E-state index contributed by atoms with van der Waals surface area (Å²) < 4.78 is 5.22. The number of hydrogen-bond donors (Lipinski definition) is 2. The maximum atomic E-state index is 12.1. The molecule has 5 nitrogen and oxygen atoms in total. The number of methoxy groups -OCH3 is 1. The van der Waals surface area contributed by atoms with Gasteiger partial charge in [0, 0.05) is 4.88 Å². The second-order valence-corrected chi connectivity index (χ2v) is 6.31. The number of urea groups is 1. The zero-order chi connectivity index (χ0) is 15.4. The van der Waals surface area contributed by atoms with Crippen LogP contribution in [-0.4, -0.2) is 18.1 Å². The van der Waals surface area contributed by atoms with Crippen molar-refractivity contribution in [1.82, 2.24) is 4.98 Å². The van der Waals surface area contributed by atoms with E-state index in [0.717, 1.165) is 18.5 Å². The third kappa shape index (κ3) is 3.39. The van der Waals surface area contributed by atoms with Gasteiger partial charge in [-0.25, -0.2) is 9.78 Å². The van der Waals surface area contributed by atoms with Crippen molar-refractivity contribution < 1.29 is 9.53 Å². The molecule has 6 heteroatoms. The Morgan fingerprint density at radius 1 is 1.18 bits per heavy atom. The van der Waals surface area contributed by atoms with Crippen LogP contribution in [-0.2, 0) is 12.8 Å². The average Bonchev–Trinajstić information content (AvgIpc) is 2.76. The van der Waals surface area contributed by atoms with E-state index in [1.165, 1.54) is 24.1 Å². The number of hydrogen-bond acceptors (Lipinski definition) is 4. The Kier molecular flexibility index (Phi) is 4.58. The second-order valence-electron chi connectivity index (χ2n) is 5.23. The number of fused-ring (bicyclic) bond motifs is 1. The van der Waals surface area contributed by atoms with Crippen molar-refractivity contribution in [2.24, 2.45) is 0 Å². The number of para-hydroxylation sites is 2. The number of carbonyl (C=O) groups is 1. The van der Waals surface area contributed by atoms with E-state index in [1.807, 2.05) is 12.1 Å². The summed E-state index contributed by atoms with van der Waals surface area (Å²) in [5, 5.41) is 6.28. The van der Waals surface area contributed by atoms with E-state index in [-0.39, 0.29) is 6.03 Å². The minimum atomic E-state index is -0.298. The van der Waals surface area contributed by atoms with Gasteiger partial charge in [0.25, 0.3) is 0 Å². The minimum absolute atomic E-state index is 0.298. The molecule has 0 atom stereocenters. The smallest absolute Gasteiger partial charge is 0.325 e. The van der Waals surface area contributed by atoms with Crippen LogP contribution >= 0.6 is 11.3 Å². The van der Waals surface area contributed by atoms with Crippen molar-refractivity contribution in [2.45, 2.75) is 32.1 Å². The van der Waals surface area contributed by atoms with E-state index in [9.17, 15) is 4.79 Å². The van der Waals surface area contributed by atoms with Gasteiger partial charge in [-0.1, -0.05) is 18.6 Å². The SMILES string of the molecule is COc1ccccc1NC(=O)Nc1nc2c(s1)CCCCC2. The Labute approximate surface area is 133 Å². The van der Waals surface area contributed by atoms with E-state index in [1.54, 1.807) is 30.6 Å². The van der Waals surface area contributed by atoms with Crippen LogP contribution in [0, 0.1) is 0 Å². The fraction of sp³-hybridized carbons (Fsp3) is 0.375. The summed E-state index contributed by atoms with van der Waals surface area (Å²) in [5.74, 6) is 0.632. The van der Waals surface area contributed by atoms with Crippen molar-refractivity contribution in [3.05, 3.63) is 34.8 Å². The first-order valence-electron chi connectivity index (χ1n) is 7.46. The van der Waals surface area contributed by atoms with E-state index >= 15 is 0 Å². The van der Waals surface area contributed by atoms with Gasteiger partial charge in [0.15, 0.2) is 5.13 Å². The van der Waals surface area contributed by atoms with Gasteiger partial charge in [0.2, 0.25) is 0 Å². The Balaban J connectivity index is 1.67. The molecule has 1 heterocycles. The molecule has 116 valence electrons. The van der Waals surface area contributed by atoms with Crippen molar-refractivity contribution in [3.63, 3.8) is 0 Å². The molecule has 2 amide bonds. The van der Waals surface area contributed by atoms with E-state index < -0.39 is 0 Å². The predicted octanol–water partition coefficient (Wildman–Crippen LogP) is 4.06. The number of thiazole rings is 1. The number of benzene rings is 1. The van der Waals surface area contributed by atoms with Gasteiger partial charge in [-0.05, 0) is 37.8 Å². The fourth-order valence-corrected chi connectivity index (χ4v) is 3.63. The molecule has 1 aromatic carbocycles. The molecule has 1 aromatic heterocycles. The highest BCUT2D eigenvalue weighted by Gasteiger charge is 2.15. The molecule has 0 aliphatic heterocycles. The van der Waals surface area contributed by atoms with Crippen molar-refractivity contribution >= 4 is 28.2 Å². The van der Waals surface area contributed by atoms with Crippen molar-refractivity contribution in [1.29, 1.82) is 0 Å². The number of amides is 2. The van der Waals surface area contributed by atoms with Crippen LogP contribution < -0.4 is 15.4 Å². The zero-order valence-corrected chi connectivity index (χ0v) is 13.3. The molecule has 3 rings (SSSR count). The summed E-state index contributed by atoms with van der Waals surface area (Å²) in [5.41, 5.74) is 1.79. The molecule has 1 aliphatic rings. The van der Waals surface area contributed by atoms with Crippen LogP contribution in [0.4, 0.5) is 15.6 Å². The summed E-state index contributed by atoms with van der Waals surface area (Å²) in [4.78, 5) is 18.0. The summed E-state index contributed by atoms with van der Waals surface area (Å²) in [6.07, 6.45) is 5.75. The normalized spacial score (nSPS) is 13.9. The highest BCUT2D eigenvalue weighted by Crippen LogP contribution is 2.29. The zero-order valence-electron chi connectivity index (χ0n) is 12.5. The largest absolute Gasteiger partial charge is 0.495 e. The number of ether oxygens (including phenoxy) is 1. The van der Waals surface area contributed by atoms with Gasteiger partial charge in [0.05, 0.1) is 18.5 Å². The summed E-state index contributed by atoms with van der Waals surface area (Å²) in [6.45, 7) is 0. The lowest BCUT2D eigenvalue weighted by Crippen LogP contribution is -2.19. The molecule has 0 radical (unpaired) electrons. The minimum Gasteiger partial charge on any atom is -0.495 e. The number of aryl methyl sites for hydroxylation is 2. The van der Waals surface area contributed by atoms with Crippen molar-refractivity contribution in [3.8, 4) is 5.75 Å². The quantitative estimate of drug-likeness (QED) is 0.839. The molecular formula is C16H19N3O2S. The maximum absolute atomic E-state index is 12.1. The highest BCUT2D eigenvalue weighted by molar-refractivity contribution is 7.15. The Morgan fingerprint density at radius 3 is 2.86 bits per heavy atom. The van der Waals surface area contributed by atoms with Crippen LogP contribution in [0.3, 0.4) is 0 Å². The monoisotopic (exact) mass is 317 g/mol. The lowest BCUT2D eigenvalue weighted by molar-refractivity contribution is 0.262. The van der Waals surface area contributed by atoms with E-state index in [0.29, 0.717) is 16.6 Å². The molecule has 2 N–H and O–H groups in total. The van der Waals surface area contributed by atoms with Gasteiger partial charge in [-0.3, -0.25) is 5.32 Å². The van der Waals surface area contributed by atoms with Crippen molar-refractivity contribution in [2.75, 3.05) is 17.7 Å². The standard InChI is InChI=1S/C16H19N3O2S/c1-21-13-9-6-5-7-11(13)17-15(20)19-16-18-12-8-3-2-4-10-14(12)22-16/h5-7,9H,2-4,8,10H2,1H3,(H2,17,18,19,20). The number of aromatic nitrogens is 1. The number of carbonyl (C=O) groups excluding carboxylic acids is 1. The molecule has 0 fully saturated rings. The van der Waals surface area contributed by atoms with Crippen LogP contribution in [0.1, 0.15) is 29.8 Å². The molecule has 0 bridgehead atoms. The molecule has 1 aliphatic carbocycles. The topological polar surface area (TPSA) is 63.2 Å². The molecule has 0 spiro atoms. The van der Waals surface area contributed by atoms with Crippen LogP contribution in [0.15, 0.2) is 24.3 Å². The average molecular weight is 317 g/mol. The van der Waals surface area contributed by atoms with Crippen LogP contribution in [0.25, 0.3) is 0 Å². The van der Waals surface area contributed by atoms with Gasteiger partial charge < -0.3 is 10.1 Å². The van der Waals surface area contributed by atoms with Gasteiger partial charge in [0.1, 0.15) is 5.75 Å². The molecule has 0 saturated carbocycles. The van der Waals surface area contributed by atoms with E-state index in [2.05, 4.69) is 15.6 Å². The third-order valence-corrected chi connectivity index (χ3v) is 4.74. The lowest BCUT2D eigenvalue weighted by Gasteiger charge is -2.09. The summed E-state index contributed by atoms with van der Waals surface area (Å²) in [6, 6.07) is 7.02. The van der Waals surface area contributed by atoms with Gasteiger partial charge in [-0.15, -0.1) is 11.3 Å². The third-order valence-electron chi connectivity index (χ3n) is 3.67. The first kappa shape index (κ1) is 14.8. The molecule has 0 unspecified atom stereocenters. The number of anilines is 2. The lowest BCUT2D eigenvalue weighted by atomic mass is 10.2.